The Labute approximate surface area is 113 Å². The van der Waals surface area contributed by atoms with Crippen molar-refractivity contribution in [1.82, 2.24) is 5.32 Å². The molecule has 0 spiro atoms. The number of hydrogen-bond donors (Lipinski definition) is 3. The molecule has 6 heteroatoms. The van der Waals surface area contributed by atoms with Gasteiger partial charge in [0.15, 0.2) is 0 Å². The normalized spacial score (nSPS) is 15.3. The average Bonchev–Trinajstić information content (AvgIpc) is 2.25. The summed E-state index contributed by atoms with van der Waals surface area (Å²) in [4.78, 5) is 22.5. The van der Waals surface area contributed by atoms with Crippen LogP contribution in [0, 0.1) is 5.92 Å². The molecule has 1 unspecified atom stereocenters. The minimum absolute atomic E-state index is 0.0909. The number of nitrogens with one attached hydrogen (secondary N) is 1. The zero-order chi connectivity index (χ0) is 14.5. The zero-order valence-electron chi connectivity index (χ0n) is 11.7. The van der Waals surface area contributed by atoms with Gasteiger partial charge in [0.1, 0.15) is 6.04 Å². The monoisotopic (exact) mass is 276 g/mol. The molecule has 4 N–H and O–H groups in total. The number of carboxylic acid groups (broad SMARTS) is 1. The highest BCUT2D eigenvalue weighted by Crippen LogP contribution is 2.27. The number of amides is 1. The summed E-state index contributed by atoms with van der Waals surface area (Å²) in [6.07, 6.45) is 0. The Morgan fingerprint density at radius 1 is 1.33 bits per heavy atom. The van der Waals surface area contributed by atoms with Gasteiger partial charge in [-0.05, 0) is 26.7 Å². The van der Waals surface area contributed by atoms with Gasteiger partial charge < -0.3 is 16.2 Å². The molecular formula is C12H24N2O3S. The van der Waals surface area contributed by atoms with E-state index in [0.717, 1.165) is 0 Å². The van der Waals surface area contributed by atoms with Crippen LogP contribution in [0.15, 0.2) is 0 Å². The molecule has 2 atom stereocenters. The number of hydrogen-bond acceptors (Lipinski definition) is 4. The Balaban J connectivity index is 4.24. The van der Waals surface area contributed by atoms with Crippen LogP contribution in [0.5, 0.6) is 0 Å². The second-order valence-corrected chi connectivity index (χ2v) is 6.94. The van der Waals surface area contributed by atoms with E-state index in [4.69, 9.17) is 10.8 Å². The third-order valence-corrected chi connectivity index (χ3v) is 4.38. The topological polar surface area (TPSA) is 92.4 Å². The van der Waals surface area contributed by atoms with Crippen molar-refractivity contribution in [2.24, 2.45) is 11.7 Å². The van der Waals surface area contributed by atoms with Crippen molar-refractivity contribution in [3.63, 3.8) is 0 Å². The van der Waals surface area contributed by atoms with Crippen molar-refractivity contribution in [2.45, 2.75) is 51.4 Å². The van der Waals surface area contributed by atoms with Gasteiger partial charge in [-0.1, -0.05) is 13.8 Å². The predicted molar refractivity (Wildman–Crippen MR) is 74.6 cm³/mol. The number of aliphatic carboxylic acids is 1. The van der Waals surface area contributed by atoms with Gasteiger partial charge in [0.05, 0.1) is 5.75 Å². The van der Waals surface area contributed by atoms with Crippen molar-refractivity contribution in [2.75, 3.05) is 5.75 Å². The highest BCUT2D eigenvalue weighted by atomic mass is 32.2. The first-order chi connectivity index (χ1) is 8.08. The smallest absolute Gasteiger partial charge is 0.321 e. The van der Waals surface area contributed by atoms with Gasteiger partial charge >= 0.3 is 5.97 Å². The number of thioether (sulfide) groups is 1. The zero-order valence-corrected chi connectivity index (χ0v) is 12.5. The fourth-order valence-electron chi connectivity index (χ4n) is 1.10. The summed E-state index contributed by atoms with van der Waals surface area (Å²) in [6, 6.07) is -0.882. The van der Waals surface area contributed by atoms with Crippen molar-refractivity contribution in [1.29, 1.82) is 0 Å². The van der Waals surface area contributed by atoms with Gasteiger partial charge in [-0.15, -0.1) is 11.8 Å². The molecule has 1 amide bonds. The number of nitrogens with two attached hydrogens (primary N) is 1. The highest BCUT2D eigenvalue weighted by molar-refractivity contribution is 8.01. The Bertz CT molecular complexity index is 306. The lowest BCUT2D eigenvalue weighted by molar-refractivity contribution is -0.139. The van der Waals surface area contributed by atoms with E-state index < -0.39 is 16.8 Å². The molecule has 0 heterocycles. The van der Waals surface area contributed by atoms with E-state index in [1.165, 1.54) is 11.8 Å². The summed E-state index contributed by atoms with van der Waals surface area (Å²) in [5.74, 6) is -0.561. The third kappa shape index (κ3) is 5.73. The van der Waals surface area contributed by atoms with Crippen LogP contribution in [0.2, 0.25) is 0 Å². The van der Waals surface area contributed by atoms with E-state index in [1.807, 2.05) is 20.8 Å². The standard InChI is InChI=1S/C12H24N2O3S/c1-7(2)8(3)14-9(15)6-18-12(4,5)10(13)11(16)17/h7-8,10H,6,13H2,1-5H3,(H,14,15)(H,16,17)/t8?,10-/m1/s1. The molecule has 0 radical (unpaired) electrons. The van der Waals surface area contributed by atoms with Crippen LogP contribution >= 0.6 is 11.8 Å². The fraction of sp³-hybridized carbons (Fsp3) is 0.833. The molecule has 0 saturated heterocycles. The predicted octanol–water partition coefficient (Wildman–Crippen LogP) is 1.07. The van der Waals surface area contributed by atoms with E-state index in [0.29, 0.717) is 5.92 Å². The van der Waals surface area contributed by atoms with Crippen molar-refractivity contribution >= 4 is 23.6 Å². The first-order valence-corrected chi connectivity index (χ1v) is 6.98. The molecule has 0 bridgehead atoms. The first kappa shape index (κ1) is 17.2. The van der Waals surface area contributed by atoms with E-state index >= 15 is 0 Å². The van der Waals surface area contributed by atoms with Crippen LogP contribution < -0.4 is 11.1 Å². The number of rotatable bonds is 7. The summed E-state index contributed by atoms with van der Waals surface area (Å²) in [7, 11) is 0. The lowest BCUT2D eigenvalue weighted by Gasteiger charge is -2.28. The van der Waals surface area contributed by atoms with Gasteiger partial charge in [-0.2, -0.15) is 0 Å². The minimum Gasteiger partial charge on any atom is -0.480 e. The minimum atomic E-state index is -1.05. The van der Waals surface area contributed by atoms with Crippen LogP contribution in [0.25, 0.3) is 0 Å². The molecule has 5 nitrogen and oxygen atoms in total. The molecule has 0 aromatic rings. The molecule has 106 valence electrons. The van der Waals surface area contributed by atoms with Crippen molar-refractivity contribution < 1.29 is 14.7 Å². The van der Waals surface area contributed by atoms with Gasteiger partial charge in [0.25, 0.3) is 0 Å². The molecule has 0 aliphatic heterocycles. The maximum Gasteiger partial charge on any atom is 0.321 e. The fourth-order valence-corrected chi connectivity index (χ4v) is 1.97. The Morgan fingerprint density at radius 3 is 2.22 bits per heavy atom. The second-order valence-electron chi connectivity index (χ2n) is 5.31. The van der Waals surface area contributed by atoms with Crippen LogP contribution in [0.4, 0.5) is 0 Å². The number of carboxylic acids is 1. The molecule has 0 saturated carbocycles. The molecular weight excluding hydrogens is 252 g/mol. The van der Waals surface area contributed by atoms with Gasteiger partial charge in [-0.25, -0.2) is 0 Å². The highest BCUT2D eigenvalue weighted by Gasteiger charge is 2.33. The third-order valence-electron chi connectivity index (χ3n) is 2.98. The van der Waals surface area contributed by atoms with Gasteiger partial charge in [0, 0.05) is 10.8 Å². The van der Waals surface area contributed by atoms with E-state index in [2.05, 4.69) is 5.32 Å². The summed E-state index contributed by atoms with van der Waals surface area (Å²) < 4.78 is -0.676. The second kappa shape index (κ2) is 6.99. The molecule has 0 aliphatic rings. The molecule has 0 aromatic heterocycles. The van der Waals surface area contributed by atoms with E-state index in [9.17, 15) is 9.59 Å². The molecule has 18 heavy (non-hydrogen) atoms. The molecule has 0 aliphatic carbocycles. The summed E-state index contributed by atoms with van der Waals surface area (Å²) in [5.41, 5.74) is 5.58. The van der Waals surface area contributed by atoms with E-state index in [-0.39, 0.29) is 17.7 Å². The Hall–Kier alpha value is -0.750. The van der Waals surface area contributed by atoms with Crippen LogP contribution in [0.3, 0.4) is 0 Å². The number of carbonyl (C=O) groups excluding carboxylic acids is 1. The van der Waals surface area contributed by atoms with Crippen molar-refractivity contribution in [3.05, 3.63) is 0 Å². The molecule has 0 rings (SSSR count). The summed E-state index contributed by atoms with van der Waals surface area (Å²) in [6.45, 7) is 9.47. The average molecular weight is 276 g/mol. The van der Waals surface area contributed by atoms with Gasteiger partial charge in [-0.3, -0.25) is 9.59 Å². The summed E-state index contributed by atoms with van der Waals surface area (Å²) >= 11 is 1.26. The quantitative estimate of drug-likeness (QED) is 0.647. The van der Waals surface area contributed by atoms with E-state index in [1.54, 1.807) is 13.8 Å². The number of carbonyl (C=O) groups is 2. The lowest BCUT2D eigenvalue weighted by Crippen LogP contribution is -2.47. The summed E-state index contributed by atoms with van der Waals surface area (Å²) in [5, 5.41) is 11.7. The Kier molecular flexibility index (Phi) is 6.70. The molecule has 0 fully saturated rings. The Morgan fingerprint density at radius 2 is 1.83 bits per heavy atom. The maximum absolute atomic E-state index is 11.7. The maximum atomic E-state index is 11.7. The van der Waals surface area contributed by atoms with Crippen molar-refractivity contribution in [3.8, 4) is 0 Å². The molecule has 0 aromatic carbocycles. The largest absolute Gasteiger partial charge is 0.480 e. The van der Waals surface area contributed by atoms with Crippen LogP contribution in [0.1, 0.15) is 34.6 Å². The van der Waals surface area contributed by atoms with Crippen LogP contribution in [-0.2, 0) is 9.59 Å². The van der Waals surface area contributed by atoms with Gasteiger partial charge in [0.2, 0.25) is 5.91 Å². The van der Waals surface area contributed by atoms with Crippen LogP contribution in [-0.4, -0.2) is 39.6 Å². The SMILES string of the molecule is CC(C)C(C)NC(=O)CSC(C)(C)[C@H](N)C(=O)O. The first-order valence-electron chi connectivity index (χ1n) is 5.99. The lowest BCUT2D eigenvalue weighted by atomic mass is 10.1.